The number of amides is 1. The van der Waals surface area contributed by atoms with Crippen LogP contribution in [0, 0.1) is 0 Å². The number of nitrogens with zero attached hydrogens (tertiary/aromatic N) is 2. The van der Waals surface area contributed by atoms with Crippen molar-refractivity contribution in [2.24, 2.45) is 0 Å². The van der Waals surface area contributed by atoms with Crippen LogP contribution >= 0.6 is 11.6 Å². The van der Waals surface area contributed by atoms with Gasteiger partial charge in [-0.1, -0.05) is 23.7 Å². The van der Waals surface area contributed by atoms with E-state index in [2.05, 4.69) is 4.90 Å². The highest BCUT2D eigenvalue weighted by atomic mass is 35.5. The molecule has 2 aromatic carbocycles. The third-order valence-electron chi connectivity index (χ3n) is 4.70. The van der Waals surface area contributed by atoms with Crippen LogP contribution in [0.4, 0.5) is 5.69 Å². The molecule has 1 amide bonds. The number of carbonyl (C=O) groups excluding carboxylic acids is 1. The van der Waals surface area contributed by atoms with E-state index >= 15 is 0 Å². The van der Waals surface area contributed by atoms with Gasteiger partial charge in [-0.25, -0.2) is 0 Å². The second-order valence-electron chi connectivity index (χ2n) is 6.24. The van der Waals surface area contributed by atoms with Crippen molar-refractivity contribution in [3.05, 3.63) is 59.3 Å². The van der Waals surface area contributed by atoms with Crippen LogP contribution in [-0.4, -0.2) is 44.1 Å². The molecule has 0 spiro atoms. The van der Waals surface area contributed by atoms with Crippen LogP contribution in [0.5, 0.6) is 5.75 Å². The lowest BCUT2D eigenvalue weighted by Crippen LogP contribution is -2.48. The third kappa shape index (κ3) is 3.10. The molecule has 1 aliphatic rings. The van der Waals surface area contributed by atoms with Gasteiger partial charge in [-0.15, -0.1) is 0 Å². The summed E-state index contributed by atoms with van der Waals surface area (Å²) < 4.78 is 11.1. The molecule has 0 aliphatic carbocycles. The monoisotopic (exact) mass is 370 g/mol. The number of methoxy groups -OCH3 is 1. The molecule has 0 saturated carbocycles. The highest BCUT2D eigenvalue weighted by molar-refractivity contribution is 6.30. The lowest BCUT2D eigenvalue weighted by Gasteiger charge is -2.35. The van der Waals surface area contributed by atoms with Crippen LogP contribution in [0.2, 0.25) is 5.02 Å². The molecule has 0 atom stereocenters. The zero-order valence-electron chi connectivity index (χ0n) is 14.4. The minimum Gasteiger partial charge on any atom is -0.493 e. The van der Waals surface area contributed by atoms with Crippen molar-refractivity contribution in [2.75, 3.05) is 38.2 Å². The van der Waals surface area contributed by atoms with Gasteiger partial charge < -0.3 is 19.0 Å². The topological polar surface area (TPSA) is 45.9 Å². The van der Waals surface area contributed by atoms with Crippen LogP contribution in [0.25, 0.3) is 11.0 Å². The number of furan rings is 1. The molecule has 1 aliphatic heterocycles. The first-order valence-corrected chi connectivity index (χ1v) is 8.90. The van der Waals surface area contributed by atoms with E-state index in [1.165, 1.54) is 0 Å². The zero-order valence-corrected chi connectivity index (χ0v) is 15.2. The second kappa shape index (κ2) is 6.92. The molecule has 0 bridgehead atoms. The number of rotatable bonds is 3. The number of carbonyl (C=O) groups is 1. The van der Waals surface area contributed by atoms with Gasteiger partial charge in [-0.3, -0.25) is 4.79 Å². The number of hydrogen-bond donors (Lipinski definition) is 0. The van der Waals surface area contributed by atoms with Gasteiger partial charge in [0.15, 0.2) is 17.1 Å². The van der Waals surface area contributed by atoms with Crippen LogP contribution in [0.15, 0.2) is 52.9 Å². The van der Waals surface area contributed by atoms with E-state index in [1.54, 1.807) is 13.2 Å². The van der Waals surface area contributed by atoms with Crippen LogP contribution in [0.3, 0.4) is 0 Å². The summed E-state index contributed by atoms with van der Waals surface area (Å²) in [5.74, 6) is 0.901. The Kier molecular flexibility index (Phi) is 4.47. The minimum absolute atomic E-state index is 0.0843. The predicted molar refractivity (Wildman–Crippen MR) is 102 cm³/mol. The van der Waals surface area contributed by atoms with Crippen LogP contribution in [-0.2, 0) is 0 Å². The SMILES string of the molecule is COc1cccc2cc(C(=O)N3CCN(c4ccc(Cl)cc4)CC3)oc12. The zero-order chi connectivity index (χ0) is 18.1. The lowest BCUT2D eigenvalue weighted by molar-refractivity contribution is 0.0717. The molecule has 2 heterocycles. The molecule has 0 radical (unpaired) electrons. The highest BCUT2D eigenvalue weighted by Crippen LogP contribution is 2.29. The molecule has 134 valence electrons. The van der Waals surface area contributed by atoms with Gasteiger partial charge in [-0.2, -0.15) is 0 Å². The molecule has 0 unspecified atom stereocenters. The highest BCUT2D eigenvalue weighted by Gasteiger charge is 2.25. The maximum atomic E-state index is 12.8. The Labute approximate surface area is 156 Å². The van der Waals surface area contributed by atoms with E-state index in [9.17, 15) is 4.79 Å². The molecule has 6 heteroatoms. The quantitative estimate of drug-likeness (QED) is 0.697. The van der Waals surface area contributed by atoms with Crippen LogP contribution < -0.4 is 9.64 Å². The van der Waals surface area contributed by atoms with E-state index in [0.29, 0.717) is 30.2 Å². The first-order chi connectivity index (χ1) is 12.7. The number of fused-ring (bicyclic) bond motifs is 1. The molecular formula is C20H19ClN2O3. The van der Waals surface area contributed by atoms with Crippen molar-refractivity contribution in [3.63, 3.8) is 0 Å². The van der Waals surface area contributed by atoms with Gasteiger partial charge in [0.25, 0.3) is 5.91 Å². The number of para-hydroxylation sites is 1. The van der Waals surface area contributed by atoms with E-state index in [4.69, 9.17) is 20.8 Å². The Hall–Kier alpha value is -2.66. The Morgan fingerprint density at radius 2 is 1.81 bits per heavy atom. The first kappa shape index (κ1) is 16.8. The number of ether oxygens (including phenoxy) is 1. The summed E-state index contributed by atoms with van der Waals surface area (Å²) in [5, 5.41) is 1.59. The molecule has 26 heavy (non-hydrogen) atoms. The second-order valence-corrected chi connectivity index (χ2v) is 6.68. The van der Waals surface area contributed by atoms with E-state index in [-0.39, 0.29) is 5.91 Å². The molecule has 1 saturated heterocycles. The summed E-state index contributed by atoms with van der Waals surface area (Å²) in [4.78, 5) is 16.9. The van der Waals surface area contributed by atoms with Crippen LogP contribution in [0.1, 0.15) is 10.6 Å². The lowest BCUT2D eigenvalue weighted by atomic mass is 10.2. The standard InChI is InChI=1S/C20H19ClN2O3/c1-25-17-4-2-3-14-13-18(26-19(14)17)20(24)23-11-9-22(10-12-23)16-7-5-15(21)6-8-16/h2-8,13H,9-12H2,1H3. The van der Waals surface area contributed by atoms with Crippen molar-refractivity contribution in [1.82, 2.24) is 4.90 Å². The van der Waals surface area contributed by atoms with E-state index < -0.39 is 0 Å². The molecule has 4 rings (SSSR count). The number of hydrogen-bond acceptors (Lipinski definition) is 4. The number of benzene rings is 2. The molecule has 1 fully saturated rings. The summed E-state index contributed by atoms with van der Waals surface area (Å²) in [6, 6.07) is 15.2. The smallest absolute Gasteiger partial charge is 0.289 e. The third-order valence-corrected chi connectivity index (χ3v) is 4.95. The van der Waals surface area contributed by atoms with E-state index in [1.807, 2.05) is 47.4 Å². The molecule has 1 aromatic heterocycles. The minimum atomic E-state index is -0.0843. The molecule has 5 nitrogen and oxygen atoms in total. The normalized spacial score (nSPS) is 14.7. The van der Waals surface area contributed by atoms with Gasteiger partial charge in [0, 0.05) is 42.3 Å². The van der Waals surface area contributed by atoms with Crippen molar-refractivity contribution in [1.29, 1.82) is 0 Å². The molecule has 3 aromatic rings. The number of anilines is 1. The predicted octanol–water partition coefficient (Wildman–Crippen LogP) is 4.06. The summed E-state index contributed by atoms with van der Waals surface area (Å²) in [5.41, 5.74) is 1.73. The van der Waals surface area contributed by atoms with Crippen molar-refractivity contribution in [3.8, 4) is 5.75 Å². The summed E-state index contributed by atoms with van der Waals surface area (Å²) >= 11 is 5.95. The maximum Gasteiger partial charge on any atom is 0.289 e. The van der Waals surface area contributed by atoms with Gasteiger partial charge in [0.2, 0.25) is 0 Å². The summed E-state index contributed by atoms with van der Waals surface area (Å²) in [6.07, 6.45) is 0. The average Bonchev–Trinajstić information content (AvgIpc) is 3.12. The van der Waals surface area contributed by atoms with Gasteiger partial charge in [0.05, 0.1) is 7.11 Å². The Morgan fingerprint density at radius 3 is 2.50 bits per heavy atom. The summed E-state index contributed by atoms with van der Waals surface area (Å²) in [7, 11) is 1.59. The largest absolute Gasteiger partial charge is 0.493 e. The van der Waals surface area contributed by atoms with Gasteiger partial charge in [-0.05, 0) is 36.4 Å². The molecular weight excluding hydrogens is 352 g/mol. The first-order valence-electron chi connectivity index (χ1n) is 8.52. The fourth-order valence-corrected chi connectivity index (χ4v) is 3.40. The number of halogens is 1. The molecule has 0 N–H and O–H groups in total. The Bertz CT molecular complexity index is 928. The van der Waals surface area contributed by atoms with Gasteiger partial charge in [0.1, 0.15) is 0 Å². The van der Waals surface area contributed by atoms with E-state index in [0.717, 1.165) is 29.2 Å². The Balaban J connectivity index is 1.47. The Morgan fingerprint density at radius 1 is 1.08 bits per heavy atom. The fraction of sp³-hybridized carbons (Fsp3) is 0.250. The average molecular weight is 371 g/mol. The van der Waals surface area contributed by atoms with Crippen molar-refractivity contribution >= 4 is 34.2 Å². The van der Waals surface area contributed by atoms with Gasteiger partial charge >= 0.3 is 0 Å². The number of piperazine rings is 1. The fourth-order valence-electron chi connectivity index (χ4n) is 3.28. The van der Waals surface area contributed by atoms with Crippen molar-refractivity contribution in [2.45, 2.75) is 0 Å². The summed E-state index contributed by atoms with van der Waals surface area (Å²) in [6.45, 7) is 2.85. The maximum absolute atomic E-state index is 12.8. The van der Waals surface area contributed by atoms with Crippen molar-refractivity contribution < 1.29 is 13.9 Å².